The standard InChI is InChI=1S/3C25H39N4O4.H2S.3S.3Sn/c3*1-16(2)14-18(5)28-29-22(30)20(15-19-12-10-9-11-13-19)26-23(31)21(17(3)4)27-24(32)33-25(6,7)8;;;;;;;/h3*9-13,17,20-21H,14-15H2,1-8H3,(H,26,31)(H,27,32)(H,29,30);1H2;;;;;;/p+1/b2*28-18+;28-18-;;;;;;;/t3*20-,21-;;;;;;;/m000......./s1. The van der Waals surface area contributed by atoms with Crippen LogP contribution in [-0.2, 0) is 75.7 Å². The minimum absolute atomic E-state index is 0. The molecule has 1 fully saturated rings. The van der Waals surface area contributed by atoms with E-state index in [1.165, 1.54) is 0 Å². The molecule has 1 aliphatic heterocycles. The molecule has 0 bridgehead atoms. The molecule has 1 saturated heterocycles. The smallest absolute Gasteiger partial charge is 0.0576 e. The zero-order valence-corrected chi connectivity index (χ0v) is 78.8. The molecule has 3 aromatic rings. The summed E-state index contributed by atoms with van der Waals surface area (Å²) >= 11 is -8.23. The number of hydrogen-bond acceptors (Lipinski definition) is 18. The Morgan fingerprint density at radius 2 is 0.557 bits per heavy atom. The first-order chi connectivity index (χ1) is 48.5. The van der Waals surface area contributed by atoms with E-state index < -0.39 is 158 Å². The van der Waals surface area contributed by atoms with Crippen LogP contribution in [0.25, 0.3) is 0 Å². The van der Waals surface area contributed by atoms with Crippen molar-refractivity contribution in [1.82, 2.24) is 48.2 Å². The van der Waals surface area contributed by atoms with E-state index in [9.17, 15) is 43.2 Å². The minimum Gasteiger partial charge on any atom is -0.0576 e. The summed E-state index contributed by atoms with van der Waals surface area (Å²) in [5.74, 6) is -4.24. The fraction of sp³-hybridized carbons (Fsp3) is 0.600. The molecule has 1 heterocycles. The van der Waals surface area contributed by atoms with Crippen molar-refractivity contribution in [2.75, 3.05) is 0 Å². The molecule has 6 atom stereocenters. The van der Waals surface area contributed by atoms with E-state index >= 15 is 0 Å². The summed E-state index contributed by atoms with van der Waals surface area (Å²) in [6, 6.07) is 21.9. The van der Waals surface area contributed by atoms with Crippen LogP contribution in [-0.4, -0.2) is 175 Å². The van der Waals surface area contributed by atoms with Gasteiger partial charge in [-0.2, -0.15) is 0 Å². The van der Waals surface area contributed by atoms with Gasteiger partial charge in [0.15, 0.2) is 0 Å². The average Bonchev–Trinajstić information content (AvgIpc) is 0.773. The molecule has 9 amide bonds. The summed E-state index contributed by atoms with van der Waals surface area (Å²) in [6.07, 6.45) is 6.72. The predicted molar refractivity (Wildman–Crippen MR) is 442 cm³/mol. The molecule has 587 valence electrons. The maximum absolute atomic E-state index is 14.4. The number of hydrogen-bond donors (Lipinski definition) is 9. The topological polar surface area (TPSA) is 327 Å². The molecule has 3 radical (unpaired) electrons. The first-order valence-corrected chi connectivity index (χ1v) is 63.4. The Labute approximate surface area is 661 Å². The average molecular weight is 1870 g/mol. The van der Waals surface area contributed by atoms with Crippen molar-refractivity contribution in [1.29, 1.82) is 0 Å². The molecule has 0 unspecified atom stereocenters. The van der Waals surface area contributed by atoms with Crippen LogP contribution in [0.1, 0.15) is 202 Å². The van der Waals surface area contributed by atoms with Gasteiger partial charge in [-0.25, -0.2) is 14.4 Å². The van der Waals surface area contributed by atoms with E-state index in [1.54, 1.807) is 104 Å². The Morgan fingerprint density at radius 1 is 0.349 bits per heavy atom. The molecule has 31 heteroatoms. The molecular weight excluding hydrogens is 1750 g/mol. The van der Waals surface area contributed by atoms with Crippen molar-refractivity contribution in [3.05, 3.63) is 108 Å². The fourth-order valence-electron chi connectivity index (χ4n) is 11.0. The Bertz CT molecular complexity index is 3150. The van der Waals surface area contributed by atoms with E-state index in [0.29, 0.717) is 36.4 Å². The van der Waals surface area contributed by atoms with Gasteiger partial charge in [0.05, 0.1) is 0 Å². The van der Waals surface area contributed by atoms with Crippen molar-refractivity contribution in [3.8, 4) is 0 Å². The number of nitrogens with zero attached hydrogens (tertiary/aromatic N) is 3. The van der Waals surface area contributed by atoms with Gasteiger partial charge in [0, 0.05) is 0 Å². The van der Waals surface area contributed by atoms with Crippen molar-refractivity contribution < 1.29 is 57.4 Å². The zero-order chi connectivity index (χ0) is 79.2. The Balaban J connectivity index is 0.0000292. The molecule has 24 nitrogen and oxygen atoms in total. The van der Waals surface area contributed by atoms with E-state index in [4.69, 9.17) is 29.5 Å². The van der Waals surface area contributed by atoms with E-state index in [2.05, 4.69) is 108 Å². The molecule has 0 saturated carbocycles. The first kappa shape index (κ1) is 95.3. The van der Waals surface area contributed by atoms with Gasteiger partial charge in [0.1, 0.15) is 16.8 Å². The van der Waals surface area contributed by atoms with Gasteiger partial charge < -0.3 is 14.2 Å². The van der Waals surface area contributed by atoms with Crippen LogP contribution in [0.3, 0.4) is 0 Å². The van der Waals surface area contributed by atoms with Gasteiger partial charge in [-0.1, -0.05) is 13.5 Å². The summed E-state index contributed by atoms with van der Waals surface area (Å²) in [5, 5.41) is 31.0. The number of nitrogens with one attached hydrogen (secondary N) is 9. The number of hydrazone groups is 3. The van der Waals surface area contributed by atoms with E-state index in [0.717, 1.165) is 16.7 Å². The predicted octanol–water partition coefficient (Wildman–Crippen LogP) is 11.7. The van der Waals surface area contributed by atoms with Gasteiger partial charge in [-0.3, -0.25) is 0 Å². The number of benzene rings is 3. The second-order valence-corrected chi connectivity index (χ2v) is 112. The van der Waals surface area contributed by atoms with Crippen LogP contribution in [0, 0.1) is 17.8 Å². The summed E-state index contributed by atoms with van der Waals surface area (Å²) in [5.41, 5.74) is 10.6. The van der Waals surface area contributed by atoms with Gasteiger partial charge >= 0.3 is 547 Å². The third-order valence-corrected chi connectivity index (χ3v) is 191. The van der Waals surface area contributed by atoms with Crippen LogP contribution < -0.4 is 48.2 Å². The normalized spacial score (nSPS) is 15.8. The monoisotopic (exact) mass is 1870 g/mol. The Kier molecular flexibility index (Phi) is 38.7. The van der Waals surface area contributed by atoms with Gasteiger partial charge in [-0.05, 0) is 62.3 Å². The summed E-state index contributed by atoms with van der Waals surface area (Å²) in [7, 11) is 0. The minimum atomic E-state index is -2.74. The molecule has 0 aliphatic carbocycles. The number of rotatable bonds is 33. The number of amides is 9. The second-order valence-electron chi connectivity index (χ2n) is 32.7. The van der Waals surface area contributed by atoms with Gasteiger partial charge in [0.2, 0.25) is 0 Å². The molecule has 0 aromatic heterocycles. The molecule has 0 spiro atoms. The zero-order valence-electron chi connectivity index (χ0n) is 66.6. The number of carbonyl (C=O) groups is 9. The van der Waals surface area contributed by atoms with Crippen molar-refractivity contribution in [3.63, 3.8) is 0 Å². The number of ether oxygens (including phenoxy) is 3. The summed E-state index contributed by atoms with van der Waals surface area (Å²) < 4.78 is 15.8. The summed E-state index contributed by atoms with van der Waals surface area (Å²) in [6.45, 7) is 46.0. The second kappa shape index (κ2) is 43.1. The Morgan fingerprint density at radius 3 is 0.745 bits per heavy atom. The summed E-state index contributed by atoms with van der Waals surface area (Å²) in [4.78, 5) is 124. The van der Waals surface area contributed by atoms with Gasteiger partial charge in [0.25, 0.3) is 0 Å². The third-order valence-electron chi connectivity index (χ3n) is 16.0. The molecule has 1 aliphatic rings. The van der Waals surface area contributed by atoms with Crippen LogP contribution in [0.5, 0.6) is 0 Å². The molecule has 106 heavy (non-hydrogen) atoms. The van der Waals surface area contributed by atoms with Crippen molar-refractivity contribution in [2.45, 2.75) is 268 Å². The van der Waals surface area contributed by atoms with Crippen LogP contribution >= 0.6 is 18.4 Å². The number of carbonyl (C=O) groups excluding carboxylic acids is 9. The maximum atomic E-state index is 14.4. The molecule has 4 rings (SSSR count). The van der Waals surface area contributed by atoms with Crippen LogP contribution in [0.15, 0.2) is 106 Å². The van der Waals surface area contributed by atoms with Crippen molar-refractivity contribution >= 4 is 154 Å². The molecular formula is C75H120N12O12S4Sn3+. The molecule has 9 N–H and O–H groups in total. The van der Waals surface area contributed by atoms with Gasteiger partial charge in [-0.15, -0.1) is 0 Å². The SMILES string of the molecule is C/C(C[C](C)(C)[Sn]1[S][Sn]([C](C)(C)C/C(C)=N/NC(=O)[C@H](Cc2ccccc2)NC(=O)[C@@H](NC(=O)OC(C)(C)C)C(C)C)[S][Sn]([C](C)(C)C/C(C)=N/NC(=O)[C@H](Cc2ccccc2)NC(=O)[C@@H](NC(=O)OC(C)(C)C)C(C)C)[S]1)=N/NC(=O)[C@H](Cc1ccccc1)NC(=O)[C@@H](NC(=O)OC(C)(C)C)C(C)C.[SH3+]. The van der Waals surface area contributed by atoms with Crippen LogP contribution in [0.2, 0.25) is 10.3 Å². The van der Waals surface area contributed by atoms with Crippen molar-refractivity contribution in [2.24, 2.45) is 33.1 Å². The van der Waals surface area contributed by atoms with Crippen LogP contribution in [0.4, 0.5) is 14.4 Å². The fourth-order valence-corrected chi connectivity index (χ4v) is 421. The third kappa shape index (κ3) is 34.6. The first-order valence-electron chi connectivity index (χ1n) is 35.7. The Hall–Kier alpha value is -4.90. The molecule has 3 aromatic carbocycles. The van der Waals surface area contributed by atoms with E-state index in [1.807, 2.05) is 112 Å². The quantitative estimate of drug-likeness (QED) is 0.00900. The van der Waals surface area contributed by atoms with E-state index in [-0.39, 0.29) is 60.8 Å². The number of alkyl carbamates (subject to hydrolysis) is 3.